The average Bonchev–Trinajstić information content (AvgIpc) is 2.88. The van der Waals surface area contributed by atoms with Gasteiger partial charge in [-0.1, -0.05) is 44.5 Å². The largest absolute Gasteiger partial charge is 0.385 e. The summed E-state index contributed by atoms with van der Waals surface area (Å²) in [7, 11) is 0. The lowest BCUT2D eigenvalue weighted by Crippen LogP contribution is -2.94. The van der Waals surface area contributed by atoms with Crippen LogP contribution in [0.15, 0.2) is 24.3 Å². The number of halogens is 1. The van der Waals surface area contributed by atoms with Crippen LogP contribution in [-0.4, -0.2) is 30.4 Å². The molecule has 4 heteroatoms. The zero-order valence-corrected chi connectivity index (χ0v) is 15.9. The second kappa shape index (κ2) is 6.95. The van der Waals surface area contributed by atoms with Gasteiger partial charge in [-0.15, -0.1) is 0 Å². The van der Waals surface area contributed by atoms with Crippen LogP contribution in [0.5, 0.6) is 0 Å². The molecule has 134 valence electrons. The molecule has 3 rings (SSSR count). The van der Waals surface area contributed by atoms with Crippen molar-refractivity contribution in [3.63, 3.8) is 0 Å². The van der Waals surface area contributed by atoms with E-state index in [1.54, 1.807) is 0 Å². The molecule has 2 fully saturated rings. The van der Waals surface area contributed by atoms with Gasteiger partial charge in [0.05, 0.1) is 19.3 Å². The molecule has 1 aromatic carbocycles. The van der Waals surface area contributed by atoms with Crippen LogP contribution in [0, 0.1) is 16.7 Å². The van der Waals surface area contributed by atoms with Crippen LogP contribution in [0.2, 0.25) is 5.02 Å². The fourth-order valence-electron chi connectivity index (χ4n) is 4.90. The number of rotatable bonds is 7. The maximum Gasteiger partial charge on any atom is 0.126 e. The van der Waals surface area contributed by atoms with Gasteiger partial charge in [-0.05, 0) is 41.9 Å². The molecular weight excluding hydrogens is 322 g/mol. The Bertz CT molecular complexity index is 559. The van der Waals surface area contributed by atoms with Crippen LogP contribution in [0.3, 0.4) is 0 Å². The summed E-state index contributed by atoms with van der Waals surface area (Å²) < 4.78 is 5.65. The molecule has 0 unspecified atom stereocenters. The molecule has 2 saturated carbocycles. The smallest absolute Gasteiger partial charge is 0.126 e. The number of nitrogens with two attached hydrogens (primary N) is 1. The molecule has 4 atom stereocenters. The minimum atomic E-state index is -0.414. The first-order valence-electron chi connectivity index (χ1n) is 9.16. The summed E-state index contributed by atoms with van der Waals surface area (Å²) in [6, 6.07) is 8.28. The fourth-order valence-corrected chi connectivity index (χ4v) is 5.03. The summed E-state index contributed by atoms with van der Waals surface area (Å²) in [5, 5.41) is 13.3. The second-order valence-corrected chi connectivity index (χ2v) is 8.92. The summed E-state index contributed by atoms with van der Waals surface area (Å²) >= 11 is 5.87. The lowest BCUT2D eigenvalue weighted by atomic mass is 9.69. The van der Waals surface area contributed by atoms with Gasteiger partial charge in [0.15, 0.2) is 0 Å². The minimum Gasteiger partial charge on any atom is -0.385 e. The third-order valence-corrected chi connectivity index (χ3v) is 7.30. The van der Waals surface area contributed by atoms with E-state index in [0.717, 1.165) is 23.0 Å². The van der Waals surface area contributed by atoms with Crippen LogP contribution in [0.25, 0.3) is 0 Å². The first-order chi connectivity index (χ1) is 11.3. The molecule has 0 aliphatic heterocycles. The van der Waals surface area contributed by atoms with Crippen molar-refractivity contribution in [2.45, 2.75) is 58.8 Å². The Kier molecular flexibility index (Phi) is 5.27. The highest BCUT2D eigenvalue weighted by Crippen LogP contribution is 2.64. The van der Waals surface area contributed by atoms with Crippen molar-refractivity contribution in [1.82, 2.24) is 0 Å². The molecule has 3 nitrogen and oxygen atoms in total. The van der Waals surface area contributed by atoms with Gasteiger partial charge < -0.3 is 15.2 Å². The van der Waals surface area contributed by atoms with Gasteiger partial charge >= 0.3 is 0 Å². The van der Waals surface area contributed by atoms with Gasteiger partial charge in [0.2, 0.25) is 0 Å². The Hall–Kier alpha value is -0.610. The molecule has 2 aliphatic carbocycles. The number of benzene rings is 1. The van der Waals surface area contributed by atoms with E-state index in [-0.39, 0.29) is 0 Å². The number of aliphatic hydroxyl groups excluding tert-OH is 1. The van der Waals surface area contributed by atoms with E-state index in [1.807, 2.05) is 24.3 Å². The van der Waals surface area contributed by atoms with Crippen LogP contribution in [0.1, 0.15) is 45.6 Å². The highest BCUT2D eigenvalue weighted by molar-refractivity contribution is 6.30. The minimum absolute atomic E-state index is 0.384. The normalized spacial score (nSPS) is 32.2. The zero-order valence-electron chi connectivity index (χ0n) is 15.1. The summed E-state index contributed by atoms with van der Waals surface area (Å²) in [6.07, 6.45) is 3.58. The molecule has 0 aromatic heterocycles. The lowest BCUT2D eigenvalue weighted by Gasteiger charge is -2.37. The van der Waals surface area contributed by atoms with Crippen molar-refractivity contribution in [2.75, 3.05) is 13.2 Å². The quantitative estimate of drug-likeness (QED) is 0.792. The van der Waals surface area contributed by atoms with E-state index >= 15 is 0 Å². The third kappa shape index (κ3) is 3.37. The predicted octanol–water partition coefficient (Wildman–Crippen LogP) is 3.00. The molecule has 0 amide bonds. The molecule has 0 radical (unpaired) electrons. The van der Waals surface area contributed by atoms with Crippen molar-refractivity contribution >= 4 is 11.6 Å². The number of fused-ring (bicyclic) bond motifs is 2. The van der Waals surface area contributed by atoms with Gasteiger partial charge in [0.1, 0.15) is 12.6 Å². The molecule has 2 bridgehead atoms. The number of quaternary nitrogens is 1. The number of aliphatic hydroxyl groups is 1. The monoisotopic (exact) mass is 352 g/mol. The van der Waals surface area contributed by atoms with E-state index in [4.69, 9.17) is 16.3 Å². The molecule has 24 heavy (non-hydrogen) atoms. The number of hydrogen-bond donors (Lipinski definition) is 2. The van der Waals surface area contributed by atoms with E-state index in [0.29, 0.717) is 30.1 Å². The Morgan fingerprint density at radius 3 is 2.58 bits per heavy atom. The van der Waals surface area contributed by atoms with Crippen LogP contribution >= 0.6 is 11.6 Å². The van der Waals surface area contributed by atoms with Crippen molar-refractivity contribution < 1.29 is 15.2 Å². The van der Waals surface area contributed by atoms with E-state index in [9.17, 15) is 5.11 Å². The van der Waals surface area contributed by atoms with Gasteiger partial charge in [0, 0.05) is 16.9 Å². The van der Waals surface area contributed by atoms with E-state index in [1.165, 1.54) is 19.3 Å². The SMILES string of the molecule is CC1(C)[C@H]2CC[C@]1(C)[C@@H]([NH2+]C[C@H](O)COCc1ccc(Cl)cc1)C2. The topological polar surface area (TPSA) is 46.1 Å². The van der Waals surface area contributed by atoms with Crippen molar-refractivity contribution in [2.24, 2.45) is 16.7 Å². The average molecular weight is 353 g/mol. The fraction of sp³-hybridized carbons (Fsp3) is 0.700. The highest BCUT2D eigenvalue weighted by Gasteiger charge is 2.63. The molecule has 0 spiro atoms. The van der Waals surface area contributed by atoms with Crippen molar-refractivity contribution in [1.29, 1.82) is 0 Å². The van der Waals surface area contributed by atoms with Crippen molar-refractivity contribution in [3.05, 3.63) is 34.9 Å². The zero-order chi connectivity index (χ0) is 17.4. The Labute approximate surface area is 150 Å². The molecule has 2 aliphatic rings. The van der Waals surface area contributed by atoms with Crippen LogP contribution < -0.4 is 5.32 Å². The summed E-state index contributed by atoms with van der Waals surface area (Å²) in [5.41, 5.74) is 1.92. The number of hydrogen-bond acceptors (Lipinski definition) is 2. The third-order valence-electron chi connectivity index (χ3n) is 7.05. The van der Waals surface area contributed by atoms with E-state index < -0.39 is 6.10 Å². The van der Waals surface area contributed by atoms with Gasteiger partial charge in [-0.3, -0.25) is 0 Å². The first kappa shape index (κ1) is 18.2. The Balaban J connectivity index is 1.40. The molecule has 1 aromatic rings. The molecular formula is C20H31ClNO2+. The maximum absolute atomic E-state index is 10.2. The Morgan fingerprint density at radius 1 is 1.29 bits per heavy atom. The second-order valence-electron chi connectivity index (χ2n) is 8.48. The maximum atomic E-state index is 10.2. The molecule has 3 N–H and O–H groups in total. The van der Waals surface area contributed by atoms with E-state index in [2.05, 4.69) is 26.1 Å². The summed E-state index contributed by atoms with van der Waals surface area (Å²) in [4.78, 5) is 0. The highest BCUT2D eigenvalue weighted by atomic mass is 35.5. The van der Waals surface area contributed by atoms with Gasteiger partial charge in [0.25, 0.3) is 0 Å². The summed E-state index contributed by atoms with van der Waals surface area (Å²) in [6.45, 7) is 8.95. The summed E-state index contributed by atoms with van der Waals surface area (Å²) in [5.74, 6) is 0.849. The van der Waals surface area contributed by atoms with Crippen molar-refractivity contribution in [3.8, 4) is 0 Å². The van der Waals surface area contributed by atoms with Crippen LogP contribution in [-0.2, 0) is 11.3 Å². The Morgan fingerprint density at radius 2 is 2.00 bits per heavy atom. The van der Waals surface area contributed by atoms with Gasteiger partial charge in [-0.25, -0.2) is 0 Å². The predicted molar refractivity (Wildman–Crippen MR) is 96.9 cm³/mol. The van der Waals surface area contributed by atoms with Crippen LogP contribution in [0.4, 0.5) is 0 Å². The molecule has 0 heterocycles. The van der Waals surface area contributed by atoms with Gasteiger partial charge in [-0.2, -0.15) is 0 Å². The number of ether oxygens (including phenoxy) is 1. The first-order valence-corrected chi connectivity index (χ1v) is 9.54. The molecule has 0 saturated heterocycles. The lowest BCUT2D eigenvalue weighted by molar-refractivity contribution is -0.707. The standard InChI is InChI=1S/C20H30ClNO2/c1-19(2)15-8-9-20(19,3)18(10-15)22-11-17(23)13-24-12-14-4-6-16(21)7-5-14/h4-7,15,17-18,22-23H,8-13H2,1-3H3/p+1/t15-,17-,18-,20+/m0/s1.